The summed E-state index contributed by atoms with van der Waals surface area (Å²) in [6.45, 7) is 2.17. The average Bonchev–Trinajstić information content (AvgIpc) is 2.62. The molecule has 0 heterocycles. The molecule has 0 N–H and O–H groups in total. The number of halogens is 1. The van der Waals surface area contributed by atoms with E-state index in [0.29, 0.717) is 0 Å². The number of benzene rings is 4. The van der Waals surface area contributed by atoms with Gasteiger partial charge in [0.1, 0.15) is 0 Å². The maximum atomic E-state index is 6.07. The highest BCUT2D eigenvalue weighted by Gasteiger charge is 2.11. The highest BCUT2D eigenvalue weighted by molar-refractivity contribution is 6.30. The van der Waals surface area contributed by atoms with E-state index >= 15 is 0 Å². The molecule has 0 atom stereocenters. The van der Waals surface area contributed by atoms with Gasteiger partial charge in [0.25, 0.3) is 0 Å². The Kier molecular flexibility index (Phi) is 3.84. The predicted octanol–water partition coefficient (Wildman–Crippen LogP) is 7.14. The second kappa shape index (κ2) is 6.14. The van der Waals surface area contributed by atoms with Gasteiger partial charge < -0.3 is 0 Å². The first-order valence-electron chi connectivity index (χ1n) is 8.08. The first kappa shape index (κ1) is 15.0. The lowest BCUT2D eigenvalue weighted by Crippen LogP contribution is -1.88. The molecular formula is C23H17Cl. The lowest BCUT2D eigenvalue weighted by molar-refractivity contribution is 1.47. The molecule has 0 radical (unpaired) electrons. The molecule has 0 saturated heterocycles. The molecule has 0 aliphatic rings. The van der Waals surface area contributed by atoms with Gasteiger partial charge in [0.2, 0.25) is 0 Å². The van der Waals surface area contributed by atoms with Crippen LogP contribution in [0.25, 0.3) is 33.0 Å². The Hall–Kier alpha value is -2.57. The standard InChI is InChI=1S/C23H17Cl/c1-16-6-2-3-9-20(16)22-11-5-8-18-7-4-10-21(23(18)22)17-12-14-19(24)15-13-17/h2-15H,1H3. The van der Waals surface area contributed by atoms with E-state index in [1.807, 2.05) is 12.1 Å². The minimum absolute atomic E-state index is 0.762. The van der Waals surface area contributed by atoms with Gasteiger partial charge >= 0.3 is 0 Å². The minimum Gasteiger partial charge on any atom is -0.0843 e. The summed E-state index contributed by atoms with van der Waals surface area (Å²) in [4.78, 5) is 0. The van der Waals surface area contributed by atoms with Gasteiger partial charge in [-0.15, -0.1) is 0 Å². The largest absolute Gasteiger partial charge is 0.0843 e. The van der Waals surface area contributed by atoms with Crippen molar-refractivity contribution in [2.75, 3.05) is 0 Å². The van der Waals surface area contributed by atoms with Crippen LogP contribution >= 0.6 is 11.6 Å². The van der Waals surface area contributed by atoms with Crippen molar-refractivity contribution in [2.24, 2.45) is 0 Å². The summed E-state index contributed by atoms with van der Waals surface area (Å²) in [6.07, 6.45) is 0. The predicted molar refractivity (Wildman–Crippen MR) is 105 cm³/mol. The number of hydrogen-bond acceptors (Lipinski definition) is 0. The van der Waals surface area contributed by atoms with Crippen LogP contribution in [0, 0.1) is 6.92 Å². The molecule has 4 rings (SSSR count). The van der Waals surface area contributed by atoms with Crippen molar-refractivity contribution in [2.45, 2.75) is 6.92 Å². The molecule has 4 aromatic rings. The molecule has 116 valence electrons. The lowest BCUT2D eigenvalue weighted by atomic mass is 9.90. The van der Waals surface area contributed by atoms with E-state index in [4.69, 9.17) is 11.6 Å². The molecule has 0 spiro atoms. The van der Waals surface area contributed by atoms with Crippen LogP contribution in [0.15, 0.2) is 84.9 Å². The summed E-state index contributed by atoms with van der Waals surface area (Å²) < 4.78 is 0. The van der Waals surface area contributed by atoms with Crippen molar-refractivity contribution < 1.29 is 0 Å². The van der Waals surface area contributed by atoms with Gasteiger partial charge in [-0.1, -0.05) is 84.4 Å². The minimum atomic E-state index is 0.762. The number of fused-ring (bicyclic) bond motifs is 1. The second-order valence-electron chi connectivity index (χ2n) is 6.03. The third-order valence-electron chi connectivity index (χ3n) is 4.50. The Morgan fingerprint density at radius 2 is 1.21 bits per heavy atom. The maximum absolute atomic E-state index is 6.07. The Labute approximate surface area is 147 Å². The third-order valence-corrected chi connectivity index (χ3v) is 4.75. The van der Waals surface area contributed by atoms with Crippen molar-refractivity contribution in [1.29, 1.82) is 0 Å². The van der Waals surface area contributed by atoms with Gasteiger partial charge in [-0.2, -0.15) is 0 Å². The molecule has 0 bridgehead atoms. The van der Waals surface area contributed by atoms with Crippen LogP contribution in [0.4, 0.5) is 0 Å². The van der Waals surface area contributed by atoms with E-state index in [0.717, 1.165) is 5.02 Å². The molecule has 24 heavy (non-hydrogen) atoms. The molecule has 0 aliphatic heterocycles. The summed E-state index contributed by atoms with van der Waals surface area (Å²) in [5, 5.41) is 3.30. The van der Waals surface area contributed by atoms with E-state index in [2.05, 4.69) is 79.7 Å². The zero-order chi connectivity index (χ0) is 16.5. The van der Waals surface area contributed by atoms with Crippen LogP contribution in [-0.2, 0) is 0 Å². The summed E-state index contributed by atoms with van der Waals surface area (Å²) in [7, 11) is 0. The van der Waals surface area contributed by atoms with Gasteiger partial charge in [-0.05, 0) is 57.6 Å². The Bertz CT molecular complexity index is 1010. The van der Waals surface area contributed by atoms with Crippen LogP contribution in [0.5, 0.6) is 0 Å². The zero-order valence-electron chi connectivity index (χ0n) is 13.5. The fraction of sp³-hybridized carbons (Fsp3) is 0.0435. The summed E-state index contributed by atoms with van der Waals surface area (Å²) in [5.74, 6) is 0. The molecule has 0 saturated carbocycles. The summed E-state index contributed by atoms with van der Waals surface area (Å²) in [5.41, 5.74) is 6.27. The molecule has 0 aromatic heterocycles. The fourth-order valence-electron chi connectivity index (χ4n) is 3.31. The van der Waals surface area contributed by atoms with Gasteiger partial charge in [0.15, 0.2) is 0 Å². The molecule has 0 amide bonds. The quantitative estimate of drug-likeness (QED) is 0.367. The molecule has 4 aromatic carbocycles. The van der Waals surface area contributed by atoms with E-state index in [1.54, 1.807) is 0 Å². The highest BCUT2D eigenvalue weighted by Crippen LogP contribution is 2.37. The molecule has 1 heteroatoms. The van der Waals surface area contributed by atoms with Crippen LogP contribution in [0.3, 0.4) is 0 Å². The van der Waals surface area contributed by atoms with Crippen molar-refractivity contribution in [3.05, 3.63) is 95.5 Å². The third kappa shape index (κ3) is 2.60. The molecule has 0 unspecified atom stereocenters. The van der Waals surface area contributed by atoms with Crippen molar-refractivity contribution in [1.82, 2.24) is 0 Å². The van der Waals surface area contributed by atoms with Crippen molar-refractivity contribution in [3.63, 3.8) is 0 Å². The Morgan fingerprint density at radius 1 is 0.583 bits per heavy atom. The van der Waals surface area contributed by atoms with Crippen LogP contribution < -0.4 is 0 Å². The zero-order valence-corrected chi connectivity index (χ0v) is 14.2. The van der Waals surface area contributed by atoms with E-state index < -0.39 is 0 Å². The Morgan fingerprint density at radius 3 is 1.92 bits per heavy atom. The fourth-order valence-corrected chi connectivity index (χ4v) is 3.44. The maximum Gasteiger partial charge on any atom is 0.0406 e. The van der Waals surface area contributed by atoms with E-state index in [-0.39, 0.29) is 0 Å². The lowest BCUT2D eigenvalue weighted by Gasteiger charge is -2.14. The van der Waals surface area contributed by atoms with E-state index in [1.165, 1.54) is 38.6 Å². The van der Waals surface area contributed by atoms with Crippen molar-refractivity contribution in [3.8, 4) is 22.3 Å². The summed E-state index contributed by atoms with van der Waals surface area (Å²) >= 11 is 6.07. The smallest absolute Gasteiger partial charge is 0.0406 e. The molecule has 0 fully saturated rings. The van der Waals surface area contributed by atoms with Crippen molar-refractivity contribution >= 4 is 22.4 Å². The highest BCUT2D eigenvalue weighted by atomic mass is 35.5. The second-order valence-corrected chi connectivity index (χ2v) is 6.47. The van der Waals surface area contributed by atoms with E-state index in [9.17, 15) is 0 Å². The molecule has 0 aliphatic carbocycles. The topological polar surface area (TPSA) is 0 Å². The van der Waals surface area contributed by atoms with Gasteiger partial charge in [0, 0.05) is 5.02 Å². The van der Waals surface area contributed by atoms with Gasteiger partial charge in [-0.25, -0.2) is 0 Å². The molecular weight excluding hydrogens is 312 g/mol. The van der Waals surface area contributed by atoms with Gasteiger partial charge in [-0.3, -0.25) is 0 Å². The summed E-state index contributed by atoms with van der Waals surface area (Å²) in [6, 6.07) is 29.6. The van der Waals surface area contributed by atoms with Crippen LogP contribution in [0.1, 0.15) is 5.56 Å². The first-order chi connectivity index (χ1) is 11.7. The molecule has 0 nitrogen and oxygen atoms in total. The van der Waals surface area contributed by atoms with Crippen LogP contribution in [0.2, 0.25) is 5.02 Å². The van der Waals surface area contributed by atoms with Crippen LogP contribution in [-0.4, -0.2) is 0 Å². The first-order valence-corrected chi connectivity index (χ1v) is 8.45. The Balaban J connectivity index is 2.06. The monoisotopic (exact) mass is 328 g/mol. The average molecular weight is 329 g/mol. The number of aryl methyl sites for hydroxylation is 1. The number of rotatable bonds is 2. The SMILES string of the molecule is Cc1ccccc1-c1cccc2cccc(-c3ccc(Cl)cc3)c12. The normalized spacial score (nSPS) is 10.9. The number of hydrogen-bond donors (Lipinski definition) is 0. The van der Waals surface area contributed by atoms with Gasteiger partial charge in [0.05, 0.1) is 0 Å².